The molecule has 0 bridgehead atoms. The Balaban J connectivity index is 1.46. The molecule has 5 aromatic rings. The molecule has 0 aliphatic carbocycles. The highest BCUT2D eigenvalue weighted by Crippen LogP contribution is 2.26. The van der Waals surface area contributed by atoms with Gasteiger partial charge in [0.25, 0.3) is 0 Å². The summed E-state index contributed by atoms with van der Waals surface area (Å²) >= 11 is 0. The molecule has 3 aromatic heterocycles. The summed E-state index contributed by atoms with van der Waals surface area (Å²) in [6, 6.07) is 21.6. The molecule has 0 radical (unpaired) electrons. The number of fused-ring (bicyclic) bond motifs is 1. The summed E-state index contributed by atoms with van der Waals surface area (Å²) in [6.07, 6.45) is 3.63. The molecule has 0 unspecified atom stereocenters. The lowest BCUT2D eigenvalue weighted by Gasteiger charge is -2.07. The molecule has 0 atom stereocenters. The van der Waals surface area contributed by atoms with Crippen LogP contribution in [0.4, 0.5) is 0 Å². The lowest BCUT2D eigenvalue weighted by Crippen LogP contribution is -2.22. The van der Waals surface area contributed by atoms with Crippen molar-refractivity contribution >= 4 is 11.2 Å². The number of aryl methyl sites for hydroxylation is 2. The van der Waals surface area contributed by atoms with E-state index in [2.05, 4.69) is 9.97 Å². The Bertz CT molecular complexity index is 1410. The third-order valence-electron chi connectivity index (χ3n) is 5.21. The molecule has 5 rings (SSSR count). The highest BCUT2D eigenvalue weighted by Gasteiger charge is 2.15. The van der Waals surface area contributed by atoms with Crippen molar-refractivity contribution in [3.05, 3.63) is 89.6 Å². The number of pyridine rings is 1. The SMILES string of the molecule is CCn1c(=O)n(-c2ccc(Oc3nc(-c4ccccc4)cn3C)cc2)c2ncccc21. The third kappa shape index (κ3) is 3.30. The second-order valence-electron chi connectivity index (χ2n) is 7.19. The zero-order valence-corrected chi connectivity index (χ0v) is 17.3. The van der Waals surface area contributed by atoms with Gasteiger partial charge in [0.05, 0.1) is 16.9 Å². The van der Waals surface area contributed by atoms with Crippen LogP contribution in [-0.2, 0) is 13.6 Å². The van der Waals surface area contributed by atoms with E-state index in [9.17, 15) is 4.79 Å². The van der Waals surface area contributed by atoms with E-state index in [1.807, 2.05) is 91.5 Å². The maximum Gasteiger partial charge on any atom is 0.334 e. The number of imidazole rings is 2. The molecular weight excluding hydrogens is 390 g/mol. The molecular formula is C24H21N5O2. The summed E-state index contributed by atoms with van der Waals surface area (Å²) in [6.45, 7) is 2.53. The fourth-order valence-electron chi connectivity index (χ4n) is 3.69. The topological polar surface area (TPSA) is 66.9 Å². The molecule has 0 N–H and O–H groups in total. The van der Waals surface area contributed by atoms with Crippen LogP contribution in [0.2, 0.25) is 0 Å². The van der Waals surface area contributed by atoms with E-state index in [1.54, 1.807) is 15.3 Å². The van der Waals surface area contributed by atoms with Crippen LogP contribution in [0.15, 0.2) is 83.9 Å². The normalized spacial score (nSPS) is 11.2. The van der Waals surface area contributed by atoms with Gasteiger partial charge >= 0.3 is 11.7 Å². The van der Waals surface area contributed by atoms with Crippen molar-refractivity contribution in [2.45, 2.75) is 13.5 Å². The Morgan fingerprint density at radius 3 is 2.48 bits per heavy atom. The van der Waals surface area contributed by atoms with Gasteiger partial charge in [-0.05, 0) is 43.3 Å². The minimum atomic E-state index is -0.110. The minimum Gasteiger partial charge on any atom is -0.426 e. The Morgan fingerprint density at radius 1 is 0.968 bits per heavy atom. The molecule has 154 valence electrons. The number of hydrogen-bond acceptors (Lipinski definition) is 4. The monoisotopic (exact) mass is 411 g/mol. The van der Waals surface area contributed by atoms with Crippen LogP contribution in [-0.4, -0.2) is 23.7 Å². The summed E-state index contributed by atoms with van der Waals surface area (Å²) in [5.74, 6) is 0.636. The third-order valence-corrected chi connectivity index (χ3v) is 5.21. The number of aromatic nitrogens is 5. The molecule has 0 amide bonds. The first-order valence-corrected chi connectivity index (χ1v) is 10.1. The fourth-order valence-corrected chi connectivity index (χ4v) is 3.69. The van der Waals surface area contributed by atoms with Gasteiger partial charge in [-0.1, -0.05) is 30.3 Å². The minimum absolute atomic E-state index is 0.110. The summed E-state index contributed by atoms with van der Waals surface area (Å²) in [5.41, 5.74) is 3.96. The largest absolute Gasteiger partial charge is 0.426 e. The highest BCUT2D eigenvalue weighted by atomic mass is 16.5. The van der Waals surface area contributed by atoms with E-state index < -0.39 is 0 Å². The standard InChI is InChI=1S/C24H21N5O2/c1-3-28-21-10-7-15-25-22(21)29(24(28)30)18-11-13-19(14-12-18)31-23-26-20(16-27(23)2)17-8-5-4-6-9-17/h4-16H,3H2,1-2H3. The molecule has 7 nitrogen and oxygen atoms in total. The summed E-state index contributed by atoms with van der Waals surface area (Å²) in [5, 5.41) is 0. The fraction of sp³-hybridized carbons (Fsp3) is 0.125. The number of ether oxygens (including phenoxy) is 1. The Hall–Kier alpha value is -4.13. The van der Waals surface area contributed by atoms with E-state index in [0.29, 0.717) is 24.0 Å². The number of benzene rings is 2. The average Bonchev–Trinajstić information content (AvgIpc) is 3.31. The van der Waals surface area contributed by atoms with Crippen LogP contribution >= 0.6 is 0 Å². The van der Waals surface area contributed by atoms with Gasteiger partial charge in [-0.3, -0.25) is 4.57 Å². The van der Waals surface area contributed by atoms with E-state index in [-0.39, 0.29) is 5.69 Å². The van der Waals surface area contributed by atoms with Gasteiger partial charge in [-0.25, -0.2) is 14.3 Å². The molecule has 31 heavy (non-hydrogen) atoms. The molecule has 3 heterocycles. The first kappa shape index (κ1) is 18.9. The zero-order valence-electron chi connectivity index (χ0n) is 17.3. The maximum atomic E-state index is 12.9. The molecule has 2 aromatic carbocycles. The Labute approximate surface area is 178 Å². The van der Waals surface area contributed by atoms with E-state index >= 15 is 0 Å². The van der Waals surface area contributed by atoms with Gasteiger partial charge < -0.3 is 9.30 Å². The summed E-state index contributed by atoms with van der Waals surface area (Å²) in [7, 11) is 1.90. The first-order chi connectivity index (χ1) is 15.2. The van der Waals surface area contributed by atoms with Crippen molar-refractivity contribution < 1.29 is 4.74 Å². The van der Waals surface area contributed by atoms with Crippen LogP contribution in [0.25, 0.3) is 28.1 Å². The summed E-state index contributed by atoms with van der Waals surface area (Å²) in [4.78, 5) is 21.9. The van der Waals surface area contributed by atoms with Crippen molar-refractivity contribution in [1.82, 2.24) is 23.7 Å². The first-order valence-electron chi connectivity index (χ1n) is 10.1. The van der Waals surface area contributed by atoms with Crippen molar-refractivity contribution in [3.63, 3.8) is 0 Å². The quantitative estimate of drug-likeness (QED) is 0.430. The summed E-state index contributed by atoms with van der Waals surface area (Å²) < 4.78 is 11.2. The van der Waals surface area contributed by atoms with Gasteiger partial charge in [-0.15, -0.1) is 0 Å². The van der Waals surface area contributed by atoms with Crippen LogP contribution in [0, 0.1) is 0 Å². The Morgan fingerprint density at radius 2 is 1.74 bits per heavy atom. The van der Waals surface area contributed by atoms with Crippen LogP contribution in [0.3, 0.4) is 0 Å². The van der Waals surface area contributed by atoms with Crippen molar-refractivity contribution in [2.24, 2.45) is 7.05 Å². The number of rotatable bonds is 5. The van der Waals surface area contributed by atoms with Crippen LogP contribution in [0.5, 0.6) is 11.8 Å². The van der Waals surface area contributed by atoms with E-state index in [4.69, 9.17) is 4.74 Å². The highest BCUT2D eigenvalue weighted by molar-refractivity contribution is 5.73. The molecule has 0 saturated heterocycles. The molecule has 0 aliphatic rings. The van der Waals surface area contributed by atoms with E-state index in [0.717, 1.165) is 22.5 Å². The van der Waals surface area contributed by atoms with Crippen molar-refractivity contribution in [3.8, 4) is 28.7 Å². The predicted octanol–water partition coefficient (Wildman–Crippen LogP) is 4.40. The zero-order chi connectivity index (χ0) is 21.4. The number of nitrogens with zero attached hydrogens (tertiary/aromatic N) is 5. The van der Waals surface area contributed by atoms with E-state index in [1.165, 1.54) is 0 Å². The van der Waals surface area contributed by atoms with Gasteiger partial charge in [0.1, 0.15) is 5.75 Å². The lowest BCUT2D eigenvalue weighted by atomic mass is 10.2. The second-order valence-corrected chi connectivity index (χ2v) is 7.19. The predicted molar refractivity (Wildman–Crippen MR) is 120 cm³/mol. The van der Waals surface area contributed by atoms with Crippen LogP contribution in [0.1, 0.15) is 6.92 Å². The Kier molecular flexibility index (Phi) is 4.63. The maximum absolute atomic E-state index is 12.9. The lowest BCUT2D eigenvalue weighted by molar-refractivity contribution is 0.425. The molecule has 0 saturated carbocycles. The molecule has 0 fully saturated rings. The number of hydrogen-bond donors (Lipinski definition) is 0. The van der Waals surface area contributed by atoms with Crippen molar-refractivity contribution in [2.75, 3.05) is 0 Å². The molecule has 0 spiro atoms. The van der Waals surface area contributed by atoms with Gasteiger partial charge in [-0.2, -0.15) is 4.98 Å². The average molecular weight is 411 g/mol. The molecule has 7 heteroatoms. The molecule has 0 aliphatic heterocycles. The van der Waals surface area contributed by atoms with Crippen molar-refractivity contribution in [1.29, 1.82) is 0 Å². The van der Waals surface area contributed by atoms with Gasteiger partial charge in [0.2, 0.25) is 0 Å². The smallest absolute Gasteiger partial charge is 0.334 e. The van der Waals surface area contributed by atoms with Gasteiger partial charge in [0.15, 0.2) is 5.65 Å². The van der Waals surface area contributed by atoms with Gasteiger partial charge in [0, 0.05) is 31.5 Å². The second kappa shape index (κ2) is 7.60. The van der Waals surface area contributed by atoms with Crippen LogP contribution < -0.4 is 10.4 Å².